The van der Waals surface area contributed by atoms with Crippen molar-refractivity contribution in [3.63, 3.8) is 0 Å². The van der Waals surface area contributed by atoms with Crippen LogP contribution in [0.3, 0.4) is 0 Å². The molecule has 2 atom stereocenters. The van der Waals surface area contributed by atoms with Gasteiger partial charge in [-0.15, -0.1) is 11.8 Å². The van der Waals surface area contributed by atoms with Crippen molar-refractivity contribution in [3.05, 3.63) is 47.1 Å². The molecule has 26 heavy (non-hydrogen) atoms. The molecule has 1 saturated carbocycles. The number of hydrogen-bond acceptors (Lipinski definition) is 3. The summed E-state index contributed by atoms with van der Waals surface area (Å²) in [6.07, 6.45) is 21.0. The minimum Gasteiger partial charge on any atom is -0.459 e. The van der Waals surface area contributed by atoms with Crippen LogP contribution < -0.4 is 0 Å². The highest BCUT2D eigenvalue weighted by atomic mass is 32.2. The van der Waals surface area contributed by atoms with Crippen LogP contribution in [0.2, 0.25) is 0 Å². The van der Waals surface area contributed by atoms with Crippen LogP contribution in [-0.2, 0) is 9.53 Å². The molecule has 0 bridgehead atoms. The Labute approximate surface area is 161 Å². The summed E-state index contributed by atoms with van der Waals surface area (Å²) in [7, 11) is 0. The van der Waals surface area contributed by atoms with Gasteiger partial charge in [0.2, 0.25) is 0 Å². The van der Waals surface area contributed by atoms with E-state index in [1.54, 1.807) is 11.8 Å². The molecule has 0 aromatic heterocycles. The van der Waals surface area contributed by atoms with Crippen molar-refractivity contribution in [2.24, 2.45) is 11.8 Å². The molecule has 2 nitrogen and oxygen atoms in total. The number of ether oxygens (including phenoxy) is 1. The summed E-state index contributed by atoms with van der Waals surface area (Å²) in [4.78, 5) is 12.2. The highest BCUT2D eigenvalue weighted by molar-refractivity contribution is 8.00. The topological polar surface area (TPSA) is 26.3 Å². The Hall–Kier alpha value is -1.22. The summed E-state index contributed by atoms with van der Waals surface area (Å²) in [6, 6.07) is 0. The maximum Gasteiger partial charge on any atom is 0.316 e. The Morgan fingerprint density at radius 2 is 2.15 bits per heavy atom. The van der Waals surface area contributed by atoms with Crippen molar-refractivity contribution in [1.29, 1.82) is 0 Å². The molecule has 4 rings (SSSR count). The summed E-state index contributed by atoms with van der Waals surface area (Å²) < 4.78 is 5.75. The van der Waals surface area contributed by atoms with Gasteiger partial charge < -0.3 is 4.74 Å². The normalized spacial score (nSPS) is 29.2. The molecule has 3 heteroatoms. The van der Waals surface area contributed by atoms with Crippen LogP contribution in [0.4, 0.5) is 0 Å². The minimum absolute atomic E-state index is 0.0369. The van der Waals surface area contributed by atoms with Gasteiger partial charge in [-0.1, -0.05) is 30.4 Å². The van der Waals surface area contributed by atoms with Crippen LogP contribution in [-0.4, -0.2) is 23.1 Å². The van der Waals surface area contributed by atoms with Gasteiger partial charge >= 0.3 is 5.97 Å². The zero-order chi connectivity index (χ0) is 18.0. The van der Waals surface area contributed by atoms with Crippen molar-refractivity contribution >= 4 is 17.7 Å². The van der Waals surface area contributed by atoms with Crippen LogP contribution in [0.25, 0.3) is 0 Å². The molecular weight excluding hydrogens is 340 g/mol. The lowest BCUT2D eigenvalue weighted by Gasteiger charge is -2.36. The fourth-order valence-electron chi connectivity index (χ4n) is 4.98. The fraction of sp³-hybridized carbons (Fsp3) is 0.609. The number of rotatable bonds is 5. The van der Waals surface area contributed by atoms with Crippen LogP contribution in [0, 0.1) is 11.8 Å². The number of thioether (sulfide) groups is 1. The van der Waals surface area contributed by atoms with Crippen molar-refractivity contribution in [2.75, 3.05) is 11.5 Å². The van der Waals surface area contributed by atoms with Crippen LogP contribution in [0.5, 0.6) is 0 Å². The third kappa shape index (κ3) is 4.03. The highest BCUT2D eigenvalue weighted by Crippen LogP contribution is 2.44. The highest BCUT2D eigenvalue weighted by Gasteiger charge is 2.33. The standard InChI is InChI=1S/C23H30O2S/c1-23(11-4-5-12-23)25-22(24)16-26-15-20-10-6-9-19-13-17-7-2-3-8-18(17)14-21(19)20/h2-3,8,10,14,17,19H,4-7,9,11-13,15-16H2,1H3/t17-,19+/m0/s1. The van der Waals surface area contributed by atoms with Crippen LogP contribution in [0.15, 0.2) is 47.1 Å². The lowest BCUT2D eigenvalue weighted by Crippen LogP contribution is -2.29. The zero-order valence-corrected chi connectivity index (χ0v) is 16.7. The van der Waals surface area contributed by atoms with Crippen LogP contribution in [0.1, 0.15) is 58.3 Å². The lowest BCUT2D eigenvalue weighted by atomic mass is 9.70. The minimum atomic E-state index is -0.200. The van der Waals surface area contributed by atoms with Gasteiger partial charge in [-0.25, -0.2) is 0 Å². The molecule has 4 aliphatic carbocycles. The van der Waals surface area contributed by atoms with E-state index in [2.05, 4.69) is 37.3 Å². The third-order valence-corrected chi connectivity index (χ3v) is 7.38. The molecule has 0 unspecified atom stereocenters. The van der Waals surface area contributed by atoms with E-state index in [0.717, 1.165) is 24.5 Å². The van der Waals surface area contributed by atoms with Gasteiger partial charge in [0.25, 0.3) is 0 Å². The van der Waals surface area contributed by atoms with E-state index in [1.807, 2.05) is 0 Å². The summed E-state index contributed by atoms with van der Waals surface area (Å²) in [5.41, 5.74) is 4.30. The number of hydrogen-bond donors (Lipinski definition) is 0. The van der Waals surface area contributed by atoms with E-state index in [4.69, 9.17) is 4.74 Å². The van der Waals surface area contributed by atoms with Crippen molar-refractivity contribution in [3.8, 4) is 0 Å². The molecule has 0 aromatic rings. The second-order valence-corrected chi connectivity index (χ2v) is 9.48. The van der Waals surface area contributed by atoms with Gasteiger partial charge in [-0.05, 0) is 86.8 Å². The Morgan fingerprint density at radius 3 is 3.00 bits per heavy atom. The van der Waals surface area contributed by atoms with Crippen molar-refractivity contribution < 1.29 is 9.53 Å². The molecule has 140 valence electrons. The van der Waals surface area contributed by atoms with Gasteiger partial charge in [-0.3, -0.25) is 4.79 Å². The molecule has 4 aliphatic rings. The van der Waals surface area contributed by atoms with E-state index in [0.29, 0.717) is 11.7 Å². The number of fused-ring (bicyclic) bond motifs is 2. The predicted octanol–water partition coefficient (Wildman–Crippen LogP) is 5.76. The van der Waals surface area contributed by atoms with E-state index in [1.165, 1.54) is 55.2 Å². The molecule has 0 aromatic carbocycles. The van der Waals surface area contributed by atoms with Crippen molar-refractivity contribution in [1.82, 2.24) is 0 Å². The monoisotopic (exact) mass is 370 g/mol. The van der Waals surface area contributed by atoms with Crippen molar-refractivity contribution in [2.45, 2.75) is 63.9 Å². The van der Waals surface area contributed by atoms with E-state index in [9.17, 15) is 4.79 Å². The fourth-order valence-corrected chi connectivity index (χ4v) is 5.81. The number of carbonyl (C=O) groups excluding carboxylic acids is 1. The smallest absolute Gasteiger partial charge is 0.316 e. The molecule has 0 radical (unpaired) electrons. The van der Waals surface area contributed by atoms with Crippen LogP contribution >= 0.6 is 11.8 Å². The summed E-state index contributed by atoms with van der Waals surface area (Å²) in [5, 5.41) is 0. The summed E-state index contributed by atoms with van der Waals surface area (Å²) in [5.74, 6) is 2.81. The van der Waals surface area contributed by atoms with Gasteiger partial charge in [-0.2, -0.15) is 0 Å². The van der Waals surface area contributed by atoms with E-state index < -0.39 is 0 Å². The molecule has 0 aliphatic heterocycles. The third-order valence-electron chi connectivity index (χ3n) is 6.42. The SMILES string of the molecule is CC1(OC(=O)CSCC2=CCC[C@@H]3C[C@@H]4CC=CC=C4C=C23)CCCC1. The van der Waals surface area contributed by atoms with Gasteiger partial charge in [0.15, 0.2) is 0 Å². The summed E-state index contributed by atoms with van der Waals surface area (Å²) >= 11 is 1.72. The maximum absolute atomic E-state index is 12.2. The lowest BCUT2D eigenvalue weighted by molar-refractivity contribution is -0.154. The van der Waals surface area contributed by atoms with E-state index in [-0.39, 0.29) is 11.6 Å². The number of carbonyl (C=O) groups is 1. The first-order chi connectivity index (χ1) is 12.6. The first kappa shape index (κ1) is 18.2. The Balaban J connectivity index is 1.33. The predicted molar refractivity (Wildman–Crippen MR) is 109 cm³/mol. The second kappa shape index (κ2) is 7.80. The first-order valence-electron chi connectivity index (χ1n) is 10.2. The zero-order valence-electron chi connectivity index (χ0n) is 15.8. The second-order valence-electron chi connectivity index (χ2n) is 8.49. The molecular formula is C23H30O2S. The molecule has 0 spiro atoms. The Morgan fingerprint density at radius 1 is 1.31 bits per heavy atom. The Bertz CT molecular complexity index is 676. The molecule has 0 amide bonds. The number of esters is 1. The van der Waals surface area contributed by atoms with Gasteiger partial charge in [0.05, 0.1) is 5.75 Å². The maximum atomic E-state index is 12.2. The number of allylic oxidation sites excluding steroid dienone is 7. The largest absolute Gasteiger partial charge is 0.459 e. The van der Waals surface area contributed by atoms with Gasteiger partial charge in [0, 0.05) is 5.75 Å². The molecule has 0 heterocycles. The first-order valence-corrected chi connectivity index (χ1v) is 11.4. The van der Waals surface area contributed by atoms with E-state index >= 15 is 0 Å². The average molecular weight is 371 g/mol. The van der Waals surface area contributed by atoms with Gasteiger partial charge in [0.1, 0.15) is 5.60 Å². The molecule has 0 N–H and O–H groups in total. The molecule has 1 fully saturated rings. The quantitative estimate of drug-likeness (QED) is 0.575. The summed E-state index contributed by atoms with van der Waals surface area (Å²) in [6.45, 7) is 2.09. The average Bonchev–Trinajstić information content (AvgIpc) is 3.06. The molecule has 0 saturated heterocycles. The Kier molecular flexibility index (Phi) is 5.45.